The third-order valence-corrected chi connectivity index (χ3v) is 5.59. The Morgan fingerprint density at radius 1 is 1.48 bits per heavy atom. The summed E-state index contributed by atoms with van der Waals surface area (Å²) in [6.07, 6.45) is 3.85. The molecule has 2 aliphatic heterocycles. The molecule has 0 bridgehead atoms. The lowest BCUT2D eigenvalue weighted by Gasteiger charge is -2.28. The Bertz CT molecular complexity index is 707. The second-order valence-electron chi connectivity index (χ2n) is 7.58. The summed E-state index contributed by atoms with van der Waals surface area (Å²) in [5.74, 6) is -1.76. The molecule has 3 rings (SSSR count). The van der Waals surface area contributed by atoms with E-state index in [4.69, 9.17) is 19.3 Å². The molecule has 0 aromatic rings. The number of carbonyl (C=O) groups is 2. The first kappa shape index (κ1) is 19.8. The van der Waals surface area contributed by atoms with Crippen LogP contribution in [0.3, 0.4) is 0 Å². The zero-order valence-electron chi connectivity index (χ0n) is 15.6. The van der Waals surface area contributed by atoms with Gasteiger partial charge in [-0.05, 0) is 32.8 Å². The molecule has 5 atom stereocenters. The van der Waals surface area contributed by atoms with E-state index in [1.54, 1.807) is 0 Å². The largest absolute Gasteiger partial charge is 0.458 e. The van der Waals surface area contributed by atoms with Gasteiger partial charge >= 0.3 is 11.9 Å². The fourth-order valence-electron chi connectivity index (χ4n) is 3.95. The van der Waals surface area contributed by atoms with Gasteiger partial charge in [-0.25, -0.2) is 9.59 Å². The number of allylic oxidation sites excluding steroid dienone is 1. The van der Waals surface area contributed by atoms with Gasteiger partial charge in [0.15, 0.2) is 0 Å². The highest BCUT2D eigenvalue weighted by Crippen LogP contribution is 2.50. The molecule has 0 saturated carbocycles. The summed E-state index contributed by atoms with van der Waals surface area (Å²) in [5.41, 5.74) is 0.888. The Kier molecular flexibility index (Phi) is 5.55. The molecule has 148 valence electrons. The number of hydrogen-bond donors (Lipinski definition) is 2. The van der Waals surface area contributed by atoms with Crippen molar-refractivity contribution in [2.75, 3.05) is 13.2 Å². The summed E-state index contributed by atoms with van der Waals surface area (Å²) in [7, 11) is 0. The highest BCUT2D eigenvalue weighted by atomic mass is 16.6. The number of aliphatic hydroxyl groups is 2. The second kappa shape index (κ2) is 7.58. The van der Waals surface area contributed by atoms with Crippen molar-refractivity contribution in [1.82, 2.24) is 0 Å². The van der Waals surface area contributed by atoms with Crippen molar-refractivity contribution in [3.63, 3.8) is 0 Å². The fourth-order valence-corrected chi connectivity index (χ4v) is 3.95. The van der Waals surface area contributed by atoms with Crippen molar-refractivity contribution in [3.05, 3.63) is 35.5 Å². The van der Waals surface area contributed by atoms with Crippen molar-refractivity contribution in [2.24, 2.45) is 5.92 Å². The lowest BCUT2D eigenvalue weighted by Crippen LogP contribution is -2.38. The van der Waals surface area contributed by atoms with Gasteiger partial charge in [0.1, 0.15) is 18.3 Å². The van der Waals surface area contributed by atoms with Crippen LogP contribution in [0, 0.1) is 5.92 Å². The minimum absolute atomic E-state index is 0.0314. The van der Waals surface area contributed by atoms with E-state index >= 15 is 0 Å². The predicted octanol–water partition coefficient (Wildman–Crippen LogP) is 1.19. The predicted molar refractivity (Wildman–Crippen MR) is 95.5 cm³/mol. The first-order chi connectivity index (χ1) is 12.8. The number of fused-ring (bicyclic) bond motifs is 3. The molecular formula is C20H26O7. The molecule has 0 unspecified atom stereocenters. The Hall–Kier alpha value is -1.96. The number of aliphatic hydroxyl groups excluding tert-OH is 2. The quantitative estimate of drug-likeness (QED) is 0.328. The normalized spacial score (nSPS) is 38.2. The third kappa shape index (κ3) is 3.85. The summed E-state index contributed by atoms with van der Waals surface area (Å²) in [5, 5.41) is 18.4. The monoisotopic (exact) mass is 378 g/mol. The summed E-state index contributed by atoms with van der Waals surface area (Å²) in [4.78, 5) is 24.6. The first-order valence-electron chi connectivity index (χ1n) is 9.15. The molecule has 0 aromatic carbocycles. The van der Waals surface area contributed by atoms with Gasteiger partial charge in [-0.1, -0.05) is 18.2 Å². The van der Waals surface area contributed by atoms with Crippen molar-refractivity contribution < 1.29 is 34.0 Å². The first-order valence-corrected chi connectivity index (χ1v) is 9.15. The Morgan fingerprint density at radius 3 is 2.89 bits per heavy atom. The van der Waals surface area contributed by atoms with Gasteiger partial charge < -0.3 is 24.4 Å². The van der Waals surface area contributed by atoms with Gasteiger partial charge in [-0.2, -0.15) is 0 Å². The van der Waals surface area contributed by atoms with Crippen molar-refractivity contribution in [2.45, 2.75) is 57.0 Å². The SMILES string of the molecule is C=C1C(=O)O[C@H]2[C@H]1[C@@H](OC(=O)/C(=C/CO)CO)C/C(C)=C\CC[C@]1(C)O[C@H]21. The van der Waals surface area contributed by atoms with Crippen LogP contribution in [0.1, 0.15) is 33.1 Å². The van der Waals surface area contributed by atoms with Gasteiger partial charge in [0.05, 0.1) is 30.3 Å². The van der Waals surface area contributed by atoms with Crippen molar-refractivity contribution >= 4 is 11.9 Å². The molecule has 0 amide bonds. The van der Waals surface area contributed by atoms with E-state index in [2.05, 4.69) is 12.7 Å². The third-order valence-electron chi connectivity index (χ3n) is 5.59. The highest BCUT2D eigenvalue weighted by Gasteiger charge is 2.63. The Morgan fingerprint density at radius 2 is 2.22 bits per heavy atom. The molecule has 2 fully saturated rings. The maximum Gasteiger partial charge on any atom is 0.336 e. The van der Waals surface area contributed by atoms with Crippen LogP contribution in [-0.4, -0.2) is 59.3 Å². The van der Waals surface area contributed by atoms with Crippen LogP contribution in [0.2, 0.25) is 0 Å². The van der Waals surface area contributed by atoms with E-state index in [0.29, 0.717) is 6.42 Å². The van der Waals surface area contributed by atoms with E-state index in [9.17, 15) is 14.7 Å². The number of epoxide rings is 1. The maximum atomic E-state index is 12.5. The number of rotatable bonds is 4. The van der Waals surface area contributed by atoms with Gasteiger partial charge in [0.25, 0.3) is 0 Å². The van der Waals surface area contributed by atoms with Gasteiger partial charge in [0.2, 0.25) is 0 Å². The van der Waals surface area contributed by atoms with Crippen LogP contribution in [0.15, 0.2) is 35.5 Å². The lowest BCUT2D eigenvalue weighted by atomic mass is 9.82. The van der Waals surface area contributed by atoms with Crippen LogP contribution in [0.25, 0.3) is 0 Å². The molecule has 2 saturated heterocycles. The topological polar surface area (TPSA) is 106 Å². The smallest absolute Gasteiger partial charge is 0.336 e. The van der Waals surface area contributed by atoms with Crippen LogP contribution in [0.4, 0.5) is 0 Å². The number of hydrogen-bond acceptors (Lipinski definition) is 7. The minimum atomic E-state index is -0.730. The van der Waals surface area contributed by atoms with Gasteiger partial charge in [0, 0.05) is 12.0 Å². The summed E-state index contributed by atoms with van der Waals surface area (Å²) in [6, 6.07) is 0. The van der Waals surface area contributed by atoms with Crippen LogP contribution in [-0.2, 0) is 23.8 Å². The number of ether oxygens (including phenoxy) is 3. The maximum absolute atomic E-state index is 12.5. The van der Waals surface area contributed by atoms with Crippen molar-refractivity contribution in [3.8, 4) is 0 Å². The van der Waals surface area contributed by atoms with E-state index in [0.717, 1.165) is 18.4 Å². The molecule has 7 nitrogen and oxygen atoms in total. The Labute approximate surface area is 158 Å². The van der Waals surface area contributed by atoms with Crippen LogP contribution >= 0.6 is 0 Å². The zero-order valence-corrected chi connectivity index (χ0v) is 15.6. The van der Waals surface area contributed by atoms with E-state index < -0.39 is 36.7 Å². The fraction of sp³-hybridized carbons (Fsp3) is 0.600. The molecule has 0 radical (unpaired) electrons. The van der Waals surface area contributed by atoms with Crippen molar-refractivity contribution in [1.29, 1.82) is 0 Å². The molecule has 2 heterocycles. The number of esters is 2. The molecule has 0 aromatic heterocycles. The molecule has 2 N–H and O–H groups in total. The molecule has 1 aliphatic carbocycles. The standard InChI is InChI=1S/C20H26O7/c1-11-5-4-7-20(3)17(27-20)16-15(12(2)18(23)26-16)14(9-11)25-19(24)13(10-22)6-8-21/h5-6,14-17,21-22H,2,4,7-10H2,1,3H3/b11-5-,13-6+/t14-,15+,16-,17+,20-/m0/s1. The number of carbonyl (C=O) groups excluding carboxylic acids is 2. The lowest BCUT2D eigenvalue weighted by molar-refractivity contribution is -0.149. The molecular weight excluding hydrogens is 352 g/mol. The summed E-state index contributed by atoms with van der Waals surface area (Å²) in [6.45, 7) is 6.86. The van der Waals surface area contributed by atoms with E-state index in [1.165, 1.54) is 6.08 Å². The van der Waals surface area contributed by atoms with Crippen LogP contribution in [0.5, 0.6) is 0 Å². The van der Waals surface area contributed by atoms with E-state index in [1.807, 2.05) is 13.8 Å². The zero-order chi connectivity index (χ0) is 19.8. The summed E-state index contributed by atoms with van der Waals surface area (Å²) < 4.78 is 17.1. The molecule has 27 heavy (non-hydrogen) atoms. The minimum Gasteiger partial charge on any atom is -0.458 e. The van der Waals surface area contributed by atoms with Gasteiger partial charge in [-0.15, -0.1) is 0 Å². The average molecular weight is 378 g/mol. The molecule has 3 aliphatic rings. The average Bonchev–Trinajstić information content (AvgIpc) is 3.19. The second-order valence-corrected chi connectivity index (χ2v) is 7.58. The summed E-state index contributed by atoms with van der Waals surface area (Å²) >= 11 is 0. The van der Waals surface area contributed by atoms with E-state index in [-0.39, 0.29) is 29.5 Å². The highest BCUT2D eigenvalue weighted by molar-refractivity contribution is 5.92. The van der Waals surface area contributed by atoms with Crippen LogP contribution < -0.4 is 0 Å². The molecule has 0 spiro atoms. The Balaban J connectivity index is 1.92. The van der Waals surface area contributed by atoms with Gasteiger partial charge in [-0.3, -0.25) is 0 Å². The molecule has 7 heteroatoms.